The van der Waals surface area contributed by atoms with Gasteiger partial charge in [0.1, 0.15) is 0 Å². The van der Waals surface area contributed by atoms with E-state index in [0.717, 1.165) is 0 Å². The first-order valence-electron chi connectivity index (χ1n) is 14.0. The number of allylic oxidation sites excluding steroid dienone is 2. The third-order valence-electron chi connectivity index (χ3n) is 7.79. The molecule has 0 aromatic carbocycles. The molecule has 4 heteroatoms. The summed E-state index contributed by atoms with van der Waals surface area (Å²) in [5.74, 6) is 0.574. The molecule has 3 unspecified atom stereocenters. The number of fused-ring (bicyclic) bond motifs is 1. The van der Waals surface area contributed by atoms with Gasteiger partial charge in [0, 0.05) is 18.8 Å². The summed E-state index contributed by atoms with van der Waals surface area (Å²) in [5.41, 5.74) is 1.65. The lowest BCUT2D eigenvalue weighted by Crippen LogP contribution is -2.64. The fraction of sp³-hybridized carbons (Fsp3) is 0.857. The van der Waals surface area contributed by atoms with Crippen molar-refractivity contribution in [3.63, 3.8) is 0 Å². The van der Waals surface area contributed by atoms with Crippen molar-refractivity contribution in [1.82, 2.24) is 9.80 Å². The van der Waals surface area contributed by atoms with Crippen molar-refractivity contribution in [3.8, 4) is 0 Å². The number of hydrogen-bond acceptors (Lipinski definition) is 3. The zero-order valence-electron chi connectivity index (χ0n) is 22.8. The van der Waals surface area contributed by atoms with Crippen molar-refractivity contribution in [3.05, 3.63) is 23.9 Å². The highest BCUT2D eigenvalue weighted by Gasteiger charge is 2.64. The Morgan fingerprint density at radius 2 is 1.50 bits per heavy atom. The van der Waals surface area contributed by atoms with Crippen molar-refractivity contribution < 1.29 is 4.43 Å². The summed E-state index contributed by atoms with van der Waals surface area (Å²) < 4.78 is 6.89. The Morgan fingerprint density at radius 1 is 0.906 bits per heavy atom. The minimum absolute atomic E-state index is 0.0110. The summed E-state index contributed by atoms with van der Waals surface area (Å²) in [5, 5.41) is 0. The zero-order chi connectivity index (χ0) is 23.8. The lowest BCUT2D eigenvalue weighted by Gasteiger charge is -2.52. The van der Waals surface area contributed by atoms with E-state index in [1.165, 1.54) is 77.3 Å². The van der Waals surface area contributed by atoms with Crippen LogP contribution in [0.2, 0.25) is 13.1 Å². The second-order valence-electron chi connectivity index (χ2n) is 10.7. The van der Waals surface area contributed by atoms with E-state index in [-0.39, 0.29) is 17.3 Å². The van der Waals surface area contributed by atoms with Crippen molar-refractivity contribution in [2.45, 2.75) is 136 Å². The van der Waals surface area contributed by atoms with Crippen molar-refractivity contribution in [2.24, 2.45) is 5.92 Å². The molecule has 1 heterocycles. The molecule has 0 aromatic heterocycles. The van der Waals surface area contributed by atoms with Gasteiger partial charge in [0.25, 0.3) is 0 Å². The Morgan fingerprint density at radius 3 is 2.06 bits per heavy atom. The highest BCUT2D eigenvalue weighted by atomic mass is 28.3. The van der Waals surface area contributed by atoms with E-state index >= 15 is 0 Å². The fourth-order valence-corrected chi connectivity index (χ4v) is 7.18. The smallest absolute Gasteiger partial charge is 0.171 e. The van der Waals surface area contributed by atoms with E-state index < -0.39 is 9.04 Å². The molecule has 3 atom stereocenters. The molecule has 2 aliphatic rings. The molecule has 0 radical (unpaired) electrons. The number of nitrogens with zero attached hydrogens (tertiary/aromatic N) is 2. The summed E-state index contributed by atoms with van der Waals surface area (Å²) >= 11 is 0. The molecule has 1 aliphatic carbocycles. The van der Waals surface area contributed by atoms with Crippen LogP contribution in [-0.4, -0.2) is 49.2 Å². The van der Waals surface area contributed by atoms with Crippen LogP contribution in [0.4, 0.5) is 0 Å². The third kappa shape index (κ3) is 5.23. The topological polar surface area (TPSA) is 15.7 Å². The lowest BCUT2D eigenvalue weighted by atomic mass is 9.78. The molecule has 186 valence electrons. The molecule has 0 spiro atoms. The number of hydrogen-bond donors (Lipinski definition) is 0. The lowest BCUT2D eigenvalue weighted by molar-refractivity contribution is -0.0833. The molecule has 3 nitrogen and oxygen atoms in total. The van der Waals surface area contributed by atoms with E-state index in [1.807, 2.05) is 0 Å². The van der Waals surface area contributed by atoms with Gasteiger partial charge in [-0.25, -0.2) is 0 Å². The van der Waals surface area contributed by atoms with Gasteiger partial charge >= 0.3 is 0 Å². The van der Waals surface area contributed by atoms with E-state index in [0.29, 0.717) is 5.92 Å². The van der Waals surface area contributed by atoms with Gasteiger partial charge in [0.05, 0.1) is 17.3 Å². The molecule has 0 bridgehead atoms. The molecule has 0 saturated carbocycles. The first-order valence-corrected chi connectivity index (χ1v) is 16.7. The normalized spacial score (nSPS) is 28.1. The van der Waals surface area contributed by atoms with Gasteiger partial charge in [-0.1, -0.05) is 92.2 Å². The van der Waals surface area contributed by atoms with Gasteiger partial charge in [-0.15, -0.1) is 0 Å². The molecule has 0 amide bonds. The van der Waals surface area contributed by atoms with Crippen molar-refractivity contribution in [2.75, 3.05) is 13.1 Å². The molecular formula is C28H54N2OSi. The van der Waals surface area contributed by atoms with E-state index in [1.54, 1.807) is 5.70 Å². The van der Waals surface area contributed by atoms with Crippen LogP contribution in [0.15, 0.2) is 23.9 Å². The Kier molecular flexibility index (Phi) is 11.0. The van der Waals surface area contributed by atoms with Crippen molar-refractivity contribution in [1.29, 1.82) is 0 Å². The van der Waals surface area contributed by atoms with Gasteiger partial charge in [0.15, 0.2) is 9.04 Å². The largest absolute Gasteiger partial charge is 0.412 e. The Balaban J connectivity index is 2.76. The molecular weight excluding hydrogens is 408 g/mol. The van der Waals surface area contributed by atoms with Crippen LogP contribution < -0.4 is 0 Å². The van der Waals surface area contributed by atoms with Gasteiger partial charge in [-0.05, 0) is 50.8 Å². The zero-order valence-corrected chi connectivity index (χ0v) is 23.9. The third-order valence-corrected chi connectivity index (χ3v) is 8.62. The summed E-state index contributed by atoms with van der Waals surface area (Å²) in [6.45, 7) is 21.4. The molecule has 1 aliphatic heterocycles. The van der Waals surface area contributed by atoms with Gasteiger partial charge in [0.2, 0.25) is 0 Å². The summed E-state index contributed by atoms with van der Waals surface area (Å²) in [6, 6.07) is 0. The van der Waals surface area contributed by atoms with Crippen LogP contribution in [-0.2, 0) is 4.43 Å². The average Bonchev–Trinajstić information content (AvgIpc) is 3.00. The summed E-state index contributed by atoms with van der Waals surface area (Å²) in [6.07, 6.45) is 19.9. The maximum Gasteiger partial charge on any atom is 0.171 e. The maximum absolute atomic E-state index is 6.89. The highest BCUT2D eigenvalue weighted by molar-refractivity contribution is 6.48. The quantitative estimate of drug-likeness (QED) is 0.234. The Hall–Kier alpha value is -0.583. The molecule has 1 saturated heterocycles. The van der Waals surface area contributed by atoms with Gasteiger partial charge in [-0.2, -0.15) is 0 Å². The highest BCUT2D eigenvalue weighted by Crippen LogP contribution is 2.56. The molecule has 0 N–H and O–H groups in total. The number of rotatable bonds is 15. The standard InChI is InChI=1S/C28H54N2OSi/c1-9-13-20-27-25(18-17-19-26(27)31-32(7)8)29(22-15-11-3)28(24(5)6,21-14-10-2)30(27)23-16-12-4/h17-19,24,26,32H,9-16,20-23H2,1-8H3. The fourth-order valence-electron chi connectivity index (χ4n) is 6.27. The second-order valence-corrected chi connectivity index (χ2v) is 13.1. The minimum Gasteiger partial charge on any atom is -0.412 e. The minimum atomic E-state index is -1.18. The Bertz CT molecular complexity index is 617. The molecule has 0 aromatic rings. The monoisotopic (exact) mass is 462 g/mol. The average molecular weight is 463 g/mol. The van der Waals surface area contributed by atoms with Gasteiger partial charge < -0.3 is 9.33 Å². The molecule has 2 rings (SSSR count). The van der Waals surface area contributed by atoms with Crippen LogP contribution >= 0.6 is 0 Å². The maximum atomic E-state index is 6.89. The van der Waals surface area contributed by atoms with E-state index in [4.69, 9.17) is 4.43 Å². The SMILES string of the molecule is CCCCN1C2=CC=CC(O[SiH](C)C)C2(CCCC)N(CCCC)C1(CCCC)C(C)C. The number of unbranched alkanes of at least 4 members (excludes halogenated alkanes) is 4. The van der Waals surface area contributed by atoms with Crippen LogP contribution in [0.25, 0.3) is 0 Å². The Labute approximate surface area is 202 Å². The van der Waals surface area contributed by atoms with Crippen LogP contribution in [0.3, 0.4) is 0 Å². The van der Waals surface area contributed by atoms with E-state index in [9.17, 15) is 0 Å². The first-order chi connectivity index (χ1) is 15.4. The predicted molar refractivity (Wildman–Crippen MR) is 144 cm³/mol. The molecule has 32 heavy (non-hydrogen) atoms. The first kappa shape index (κ1) is 27.7. The second kappa shape index (κ2) is 12.8. The molecule has 1 fully saturated rings. The van der Waals surface area contributed by atoms with Gasteiger partial charge in [-0.3, -0.25) is 4.90 Å². The van der Waals surface area contributed by atoms with Crippen LogP contribution in [0, 0.1) is 5.92 Å². The van der Waals surface area contributed by atoms with Crippen LogP contribution in [0.1, 0.15) is 106 Å². The summed E-state index contributed by atoms with van der Waals surface area (Å²) in [4.78, 5) is 5.90. The summed E-state index contributed by atoms with van der Waals surface area (Å²) in [7, 11) is -1.18. The predicted octanol–water partition coefficient (Wildman–Crippen LogP) is 7.50. The van der Waals surface area contributed by atoms with Crippen molar-refractivity contribution >= 4 is 9.04 Å². The van der Waals surface area contributed by atoms with Crippen LogP contribution in [0.5, 0.6) is 0 Å². The van der Waals surface area contributed by atoms with E-state index in [2.05, 4.69) is 82.7 Å².